The summed E-state index contributed by atoms with van der Waals surface area (Å²) in [4.78, 5) is 42.7. The maximum Gasteiger partial charge on any atom is 0.255 e. The zero-order chi connectivity index (χ0) is 20.0. The minimum Gasteiger partial charge on any atom is -0.328 e. The molecule has 1 saturated heterocycles. The van der Waals surface area contributed by atoms with E-state index in [1.54, 1.807) is 4.90 Å². The maximum atomic E-state index is 12.9. The predicted octanol–water partition coefficient (Wildman–Crippen LogP) is 2.82. The van der Waals surface area contributed by atoms with E-state index in [4.69, 9.17) is 0 Å². The third-order valence-electron chi connectivity index (χ3n) is 6.42. The first kappa shape index (κ1) is 18.1. The molecule has 3 amide bonds. The Hall–Kier alpha value is -2.96. The van der Waals surface area contributed by atoms with Gasteiger partial charge in [0.05, 0.1) is 0 Å². The highest BCUT2D eigenvalue weighted by atomic mass is 16.2. The highest BCUT2D eigenvalue weighted by Gasteiger charge is 2.39. The van der Waals surface area contributed by atoms with Gasteiger partial charge >= 0.3 is 0 Å². The number of nitrogens with one attached hydrogen (secondary N) is 1. The monoisotopic (exact) mass is 392 g/mol. The number of benzene rings is 1. The number of carbonyl (C=O) groups is 3. The number of imide groups is 1. The molecule has 0 spiro atoms. The fourth-order valence-corrected chi connectivity index (χ4v) is 4.90. The Kier molecular flexibility index (Phi) is 4.45. The summed E-state index contributed by atoms with van der Waals surface area (Å²) in [7, 11) is 0. The van der Waals surface area contributed by atoms with Crippen LogP contribution >= 0.6 is 0 Å². The van der Waals surface area contributed by atoms with Crippen molar-refractivity contribution in [3.63, 3.8) is 0 Å². The first-order valence-electron chi connectivity index (χ1n) is 10.4. The van der Waals surface area contributed by atoms with E-state index in [0.29, 0.717) is 24.6 Å². The second-order valence-corrected chi connectivity index (χ2v) is 8.22. The topological polar surface area (TPSA) is 84.3 Å². The number of nitrogens with zero attached hydrogens (tertiary/aromatic N) is 3. The zero-order valence-electron chi connectivity index (χ0n) is 16.3. The van der Waals surface area contributed by atoms with Crippen LogP contribution in [-0.2, 0) is 16.1 Å². The Labute approximate surface area is 169 Å². The number of rotatable bonds is 3. The number of hydrogen-bond donors (Lipinski definition) is 1. The van der Waals surface area contributed by atoms with Crippen molar-refractivity contribution in [3.05, 3.63) is 41.7 Å². The molecule has 7 heteroatoms. The highest BCUT2D eigenvalue weighted by molar-refractivity contribution is 6.05. The summed E-state index contributed by atoms with van der Waals surface area (Å²) in [6.07, 6.45) is 10.7. The van der Waals surface area contributed by atoms with Gasteiger partial charge in [0.25, 0.3) is 5.91 Å². The Morgan fingerprint density at radius 2 is 1.86 bits per heavy atom. The van der Waals surface area contributed by atoms with Crippen molar-refractivity contribution >= 4 is 17.7 Å². The van der Waals surface area contributed by atoms with Gasteiger partial charge in [-0.05, 0) is 37.0 Å². The molecule has 1 aromatic heterocycles. The van der Waals surface area contributed by atoms with E-state index >= 15 is 0 Å². The van der Waals surface area contributed by atoms with Gasteiger partial charge in [-0.25, -0.2) is 4.98 Å². The van der Waals surface area contributed by atoms with Gasteiger partial charge in [0.2, 0.25) is 11.8 Å². The average Bonchev–Trinajstić information content (AvgIpc) is 3.34. The van der Waals surface area contributed by atoms with Crippen LogP contribution in [0.2, 0.25) is 0 Å². The van der Waals surface area contributed by atoms with E-state index in [-0.39, 0.29) is 24.1 Å². The van der Waals surface area contributed by atoms with Crippen LogP contribution in [0.3, 0.4) is 0 Å². The minimum absolute atomic E-state index is 0.142. The molecule has 1 N–H and O–H groups in total. The molecule has 1 unspecified atom stereocenters. The second kappa shape index (κ2) is 7.13. The largest absolute Gasteiger partial charge is 0.328 e. The number of amides is 3. The van der Waals surface area contributed by atoms with Crippen molar-refractivity contribution in [2.75, 3.05) is 0 Å². The summed E-state index contributed by atoms with van der Waals surface area (Å²) >= 11 is 0. The molecule has 1 atom stereocenters. The lowest BCUT2D eigenvalue weighted by molar-refractivity contribution is -0.136. The van der Waals surface area contributed by atoms with Crippen LogP contribution < -0.4 is 5.32 Å². The predicted molar refractivity (Wildman–Crippen MR) is 106 cm³/mol. The standard InChI is InChI=1S/C22H24N4O3/c27-19-9-8-18(21(28)24-19)26-13-15-12-14(6-7-17(15)22(26)29)20-23-10-11-25(20)16-4-2-1-3-5-16/h6-7,10-12,16,18H,1-5,8-9,13H2,(H,24,27,28). The molecule has 1 saturated carbocycles. The lowest BCUT2D eigenvalue weighted by atomic mass is 9.95. The Morgan fingerprint density at radius 3 is 2.66 bits per heavy atom. The molecule has 5 rings (SSSR count). The number of piperidine rings is 1. The molecule has 3 aliphatic rings. The molecule has 2 aromatic rings. The first-order valence-corrected chi connectivity index (χ1v) is 10.4. The zero-order valence-corrected chi connectivity index (χ0v) is 16.3. The van der Waals surface area contributed by atoms with Gasteiger partial charge in [0, 0.05) is 42.5 Å². The Morgan fingerprint density at radius 1 is 1.03 bits per heavy atom. The molecule has 1 aliphatic carbocycles. The third-order valence-corrected chi connectivity index (χ3v) is 6.42. The first-order chi connectivity index (χ1) is 14.1. The van der Waals surface area contributed by atoms with Crippen LogP contribution in [-0.4, -0.2) is 38.2 Å². The molecule has 2 aliphatic heterocycles. The summed E-state index contributed by atoms with van der Waals surface area (Å²) in [6.45, 7) is 0.387. The van der Waals surface area contributed by atoms with Crippen molar-refractivity contribution in [1.29, 1.82) is 0 Å². The lowest BCUT2D eigenvalue weighted by Gasteiger charge is -2.29. The molecular formula is C22H24N4O3. The van der Waals surface area contributed by atoms with E-state index in [0.717, 1.165) is 17.0 Å². The summed E-state index contributed by atoms with van der Waals surface area (Å²) in [5.41, 5.74) is 2.54. The molecule has 1 aromatic carbocycles. The highest BCUT2D eigenvalue weighted by Crippen LogP contribution is 2.34. The molecule has 29 heavy (non-hydrogen) atoms. The second-order valence-electron chi connectivity index (χ2n) is 8.22. The smallest absolute Gasteiger partial charge is 0.255 e. The van der Waals surface area contributed by atoms with Crippen LogP contribution in [0, 0.1) is 0 Å². The minimum atomic E-state index is -0.583. The Bertz CT molecular complexity index is 990. The fraction of sp³-hybridized carbons (Fsp3) is 0.455. The van der Waals surface area contributed by atoms with E-state index in [1.807, 2.05) is 24.4 Å². The molecule has 150 valence electrons. The summed E-state index contributed by atoms with van der Waals surface area (Å²) in [6, 6.07) is 5.72. The molecule has 0 bridgehead atoms. The van der Waals surface area contributed by atoms with Gasteiger partial charge in [-0.3, -0.25) is 19.7 Å². The van der Waals surface area contributed by atoms with Crippen LogP contribution in [0.25, 0.3) is 11.4 Å². The van der Waals surface area contributed by atoms with Crippen LogP contribution in [0.15, 0.2) is 30.6 Å². The number of fused-ring (bicyclic) bond motifs is 1. The average molecular weight is 392 g/mol. The molecule has 0 radical (unpaired) electrons. The quantitative estimate of drug-likeness (QED) is 0.814. The number of imidazole rings is 1. The normalized spacial score (nSPS) is 22.7. The molecule has 7 nitrogen and oxygen atoms in total. The van der Waals surface area contributed by atoms with Crippen LogP contribution in [0.4, 0.5) is 0 Å². The summed E-state index contributed by atoms with van der Waals surface area (Å²) in [5, 5.41) is 2.35. The van der Waals surface area contributed by atoms with Crippen molar-refractivity contribution in [2.45, 2.75) is 63.6 Å². The molecule has 3 heterocycles. The van der Waals surface area contributed by atoms with Crippen molar-refractivity contribution in [3.8, 4) is 11.4 Å². The van der Waals surface area contributed by atoms with Gasteiger partial charge in [0.1, 0.15) is 11.9 Å². The summed E-state index contributed by atoms with van der Waals surface area (Å²) < 4.78 is 2.27. The van der Waals surface area contributed by atoms with Crippen molar-refractivity contribution in [1.82, 2.24) is 19.8 Å². The molecule has 2 fully saturated rings. The van der Waals surface area contributed by atoms with Gasteiger partial charge < -0.3 is 9.47 Å². The van der Waals surface area contributed by atoms with E-state index in [2.05, 4.69) is 21.1 Å². The SMILES string of the molecule is O=C1CCC(N2Cc3cc(-c4nccn4C4CCCCC4)ccc3C2=O)C(=O)N1. The van der Waals surface area contributed by atoms with Crippen LogP contribution in [0.1, 0.15) is 66.9 Å². The van der Waals surface area contributed by atoms with Gasteiger partial charge in [-0.1, -0.05) is 25.3 Å². The fourth-order valence-electron chi connectivity index (χ4n) is 4.90. The lowest BCUT2D eigenvalue weighted by Crippen LogP contribution is -2.52. The number of hydrogen-bond acceptors (Lipinski definition) is 4. The van der Waals surface area contributed by atoms with Gasteiger partial charge in [-0.15, -0.1) is 0 Å². The van der Waals surface area contributed by atoms with Gasteiger partial charge in [-0.2, -0.15) is 0 Å². The van der Waals surface area contributed by atoms with E-state index in [1.165, 1.54) is 32.1 Å². The number of carbonyl (C=O) groups excluding carboxylic acids is 3. The van der Waals surface area contributed by atoms with Crippen molar-refractivity contribution < 1.29 is 14.4 Å². The van der Waals surface area contributed by atoms with Gasteiger partial charge in [0.15, 0.2) is 0 Å². The van der Waals surface area contributed by atoms with Crippen molar-refractivity contribution in [2.24, 2.45) is 0 Å². The van der Waals surface area contributed by atoms with E-state index in [9.17, 15) is 14.4 Å². The Balaban J connectivity index is 1.42. The maximum absolute atomic E-state index is 12.9. The molecular weight excluding hydrogens is 368 g/mol. The number of aromatic nitrogens is 2. The third kappa shape index (κ3) is 3.14. The van der Waals surface area contributed by atoms with Crippen LogP contribution in [0.5, 0.6) is 0 Å². The van der Waals surface area contributed by atoms with E-state index < -0.39 is 6.04 Å². The summed E-state index contributed by atoms with van der Waals surface area (Å²) in [5.74, 6) is 0.144.